The van der Waals surface area contributed by atoms with Crippen LogP contribution in [0.3, 0.4) is 0 Å². The molecule has 110 valence electrons. The number of ether oxygens (including phenoxy) is 1. The first-order valence-corrected chi connectivity index (χ1v) is 7.09. The van der Waals surface area contributed by atoms with Gasteiger partial charge in [-0.05, 0) is 30.7 Å². The highest BCUT2D eigenvalue weighted by molar-refractivity contribution is 5.62. The minimum absolute atomic E-state index is 0.283. The summed E-state index contributed by atoms with van der Waals surface area (Å²) in [6.07, 6.45) is 0. The number of aryl methyl sites for hydroxylation is 1. The molecule has 22 heavy (non-hydrogen) atoms. The first-order valence-electron chi connectivity index (χ1n) is 7.09. The fourth-order valence-corrected chi connectivity index (χ4v) is 2.23. The van der Waals surface area contributed by atoms with Crippen LogP contribution in [0.25, 0.3) is 11.3 Å². The Bertz CT molecular complexity index is 752. The lowest BCUT2D eigenvalue weighted by molar-refractivity contribution is 0.306. The molecule has 2 N–H and O–H groups in total. The predicted octanol–water partition coefficient (Wildman–Crippen LogP) is 3.61. The molecule has 3 rings (SSSR count). The van der Waals surface area contributed by atoms with Crippen LogP contribution in [-0.4, -0.2) is 9.97 Å². The molecule has 1 heterocycles. The lowest BCUT2D eigenvalue weighted by Gasteiger charge is -2.08. The van der Waals surface area contributed by atoms with Crippen molar-refractivity contribution in [2.75, 3.05) is 5.73 Å². The maximum absolute atomic E-state index is 5.84. The second kappa shape index (κ2) is 6.26. The molecule has 0 fully saturated rings. The molecule has 0 aliphatic heterocycles. The molecule has 4 heteroatoms. The van der Waals surface area contributed by atoms with Gasteiger partial charge in [-0.2, -0.15) is 0 Å². The van der Waals surface area contributed by atoms with E-state index in [0.717, 1.165) is 28.3 Å². The summed E-state index contributed by atoms with van der Waals surface area (Å²) in [7, 11) is 0. The van der Waals surface area contributed by atoms with E-state index < -0.39 is 0 Å². The van der Waals surface area contributed by atoms with E-state index in [1.54, 1.807) is 0 Å². The Morgan fingerprint density at radius 3 is 2.55 bits per heavy atom. The first kappa shape index (κ1) is 14.1. The maximum atomic E-state index is 5.84. The van der Waals surface area contributed by atoms with E-state index in [9.17, 15) is 0 Å². The Morgan fingerprint density at radius 1 is 0.955 bits per heavy atom. The van der Waals surface area contributed by atoms with Gasteiger partial charge in [0.2, 0.25) is 5.95 Å². The Morgan fingerprint density at radius 2 is 1.77 bits per heavy atom. The van der Waals surface area contributed by atoms with Gasteiger partial charge in [0, 0.05) is 11.3 Å². The molecule has 2 aromatic carbocycles. The third kappa shape index (κ3) is 3.41. The largest absolute Gasteiger partial charge is 0.489 e. The summed E-state index contributed by atoms with van der Waals surface area (Å²) in [5.41, 5.74) is 9.46. The number of benzene rings is 2. The molecule has 4 nitrogen and oxygen atoms in total. The molecule has 0 bridgehead atoms. The highest BCUT2D eigenvalue weighted by Gasteiger charge is 2.04. The summed E-state index contributed by atoms with van der Waals surface area (Å²) >= 11 is 0. The van der Waals surface area contributed by atoms with Gasteiger partial charge in [-0.3, -0.25) is 0 Å². The van der Waals surface area contributed by atoms with Crippen molar-refractivity contribution >= 4 is 5.95 Å². The Kier molecular flexibility index (Phi) is 4.01. The average Bonchev–Trinajstić information content (AvgIpc) is 2.53. The van der Waals surface area contributed by atoms with E-state index in [1.807, 2.05) is 67.6 Å². The number of aromatic nitrogens is 2. The molecule has 0 unspecified atom stereocenters. The van der Waals surface area contributed by atoms with E-state index in [1.165, 1.54) is 0 Å². The molecule has 3 aromatic rings. The van der Waals surface area contributed by atoms with Gasteiger partial charge in [0.25, 0.3) is 0 Å². The smallest absolute Gasteiger partial charge is 0.220 e. The normalized spacial score (nSPS) is 10.4. The molecule has 0 saturated carbocycles. The monoisotopic (exact) mass is 291 g/mol. The van der Waals surface area contributed by atoms with Crippen LogP contribution in [0.1, 0.15) is 11.3 Å². The molecule has 0 saturated heterocycles. The summed E-state index contributed by atoms with van der Waals surface area (Å²) in [5, 5.41) is 0. The fraction of sp³-hybridized carbons (Fsp3) is 0.111. The third-order valence-corrected chi connectivity index (χ3v) is 3.25. The molecular formula is C18H17N3O. The lowest BCUT2D eigenvalue weighted by atomic mass is 10.1. The van der Waals surface area contributed by atoms with Gasteiger partial charge in [-0.1, -0.05) is 42.5 Å². The summed E-state index contributed by atoms with van der Waals surface area (Å²) in [4.78, 5) is 8.37. The average molecular weight is 291 g/mol. The number of nitrogen functional groups attached to an aromatic ring is 1. The van der Waals surface area contributed by atoms with E-state index in [2.05, 4.69) is 9.97 Å². The number of rotatable bonds is 4. The van der Waals surface area contributed by atoms with Gasteiger partial charge in [-0.15, -0.1) is 0 Å². The topological polar surface area (TPSA) is 61.0 Å². The number of nitrogens with zero attached hydrogens (tertiary/aromatic N) is 2. The standard InChI is InChI=1S/C18H17N3O/c1-13-10-17(21-18(19)20-13)15-8-5-9-16(11-15)22-12-14-6-3-2-4-7-14/h2-11H,12H2,1H3,(H2,19,20,21). The van der Waals surface area contributed by atoms with Crippen molar-refractivity contribution in [3.05, 3.63) is 71.9 Å². The zero-order valence-corrected chi connectivity index (χ0v) is 12.4. The van der Waals surface area contributed by atoms with Gasteiger partial charge in [0.1, 0.15) is 12.4 Å². The molecule has 0 radical (unpaired) electrons. The molecule has 0 amide bonds. The van der Waals surface area contributed by atoms with Gasteiger partial charge in [0.15, 0.2) is 0 Å². The van der Waals surface area contributed by atoms with E-state index in [0.29, 0.717) is 6.61 Å². The van der Waals surface area contributed by atoms with Crippen molar-refractivity contribution in [1.82, 2.24) is 9.97 Å². The van der Waals surface area contributed by atoms with Crippen LogP contribution < -0.4 is 10.5 Å². The zero-order chi connectivity index (χ0) is 15.4. The highest BCUT2D eigenvalue weighted by atomic mass is 16.5. The second-order valence-corrected chi connectivity index (χ2v) is 5.05. The van der Waals surface area contributed by atoms with Crippen LogP contribution in [0.5, 0.6) is 5.75 Å². The van der Waals surface area contributed by atoms with Gasteiger partial charge >= 0.3 is 0 Å². The van der Waals surface area contributed by atoms with E-state index in [-0.39, 0.29) is 5.95 Å². The van der Waals surface area contributed by atoms with Crippen molar-refractivity contribution in [2.24, 2.45) is 0 Å². The minimum Gasteiger partial charge on any atom is -0.489 e. The van der Waals surface area contributed by atoms with Gasteiger partial charge in [0.05, 0.1) is 5.69 Å². The number of hydrogen-bond donors (Lipinski definition) is 1. The zero-order valence-electron chi connectivity index (χ0n) is 12.4. The van der Waals surface area contributed by atoms with Crippen LogP contribution in [-0.2, 0) is 6.61 Å². The predicted molar refractivity (Wildman–Crippen MR) is 87.4 cm³/mol. The number of anilines is 1. The van der Waals surface area contributed by atoms with E-state index in [4.69, 9.17) is 10.5 Å². The summed E-state index contributed by atoms with van der Waals surface area (Å²) in [5.74, 6) is 1.08. The van der Waals surface area contributed by atoms with Crippen molar-refractivity contribution in [2.45, 2.75) is 13.5 Å². The van der Waals surface area contributed by atoms with Crippen LogP contribution in [0, 0.1) is 6.92 Å². The van der Waals surface area contributed by atoms with Crippen molar-refractivity contribution in [3.8, 4) is 17.0 Å². The molecule has 0 spiro atoms. The van der Waals surface area contributed by atoms with Gasteiger partial charge in [-0.25, -0.2) is 9.97 Å². The van der Waals surface area contributed by atoms with Gasteiger partial charge < -0.3 is 10.5 Å². The molecule has 0 aliphatic rings. The Balaban J connectivity index is 1.80. The van der Waals surface area contributed by atoms with Crippen LogP contribution in [0.4, 0.5) is 5.95 Å². The lowest BCUT2D eigenvalue weighted by Crippen LogP contribution is -1.99. The SMILES string of the molecule is Cc1cc(-c2cccc(OCc3ccccc3)c2)nc(N)n1. The quantitative estimate of drug-likeness (QED) is 0.797. The molecule has 1 aromatic heterocycles. The number of hydrogen-bond acceptors (Lipinski definition) is 4. The van der Waals surface area contributed by atoms with Crippen LogP contribution in [0.2, 0.25) is 0 Å². The molecule has 0 aliphatic carbocycles. The summed E-state index contributed by atoms with van der Waals surface area (Å²) < 4.78 is 5.84. The third-order valence-electron chi connectivity index (χ3n) is 3.25. The maximum Gasteiger partial charge on any atom is 0.220 e. The minimum atomic E-state index is 0.283. The first-order chi connectivity index (χ1) is 10.7. The van der Waals surface area contributed by atoms with E-state index >= 15 is 0 Å². The second-order valence-electron chi connectivity index (χ2n) is 5.05. The fourth-order valence-electron chi connectivity index (χ4n) is 2.23. The molecule has 0 atom stereocenters. The molecular weight excluding hydrogens is 274 g/mol. The highest BCUT2D eigenvalue weighted by Crippen LogP contribution is 2.23. The number of nitrogens with two attached hydrogens (primary N) is 1. The van der Waals surface area contributed by atoms with Crippen LogP contribution >= 0.6 is 0 Å². The Labute approximate surface area is 129 Å². The van der Waals surface area contributed by atoms with Crippen LogP contribution in [0.15, 0.2) is 60.7 Å². The summed E-state index contributed by atoms with van der Waals surface area (Å²) in [6, 6.07) is 19.8. The van der Waals surface area contributed by atoms with Crippen molar-refractivity contribution < 1.29 is 4.74 Å². The van der Waals surface area contributed by atoms with Crippen molar-refractivity contribution in [1.29, 1.82) is 0 Å². The summed E-state index contributed by atoms with van der Waals surface area (Å²) in [6.45, 7) is 2.44. The van der Waals surface area contributed by atoms with Crippen molar-refractivity contribution in [3.63, 3.8) is 0 Å². The Hall–Kier alpha value is -2.88.